The van der Waals surface area contributed by atoms with Crippen LogP contribution in [0.3, 0.4) is 0 Å². The second-order valence-electron chi connectivity index (χ2n) is 3.34. The first kappa shape index (κ1) is 12.2. The topological polar surface area (TPSA) is 46.6 Å². The molecule has 86 valence electrons. The summed E-state index contributed by atoms with van der Waals surface area (Å²) < 4.78 is 4.59. The van der Waals surface area contributed by atoms with Gasteiger partial charge in [-0.2, -0.15) is 0 Å². The van der Waals surface area contributed by atoms with E-state index in [1.807, 2.05) is 6.92 Å². The van der Waals surface area contributed by atoms with E-state index in [4.69, 9.17) is 0 Å². The predicted molar refractivity (Wildman–Crippen MR) is 60.5 cm³/mol. The quantitative estimate of drug-likeness (QED) is 0.735. The van der Waals surface area contributed by atoms with Gasteiger partial charge >= 0.3 is 6.09 Å². The van der Waals surface area contributed by atoms with Gasteiger partial charge in [-0.15, -0.1) is 0 Å². The number of amides is 1. The highest BCUT2D eigenvalue weighted by atomic mass is 16.5. The molecule has 0 N–H and O–H groups in total. The van der Waals surface area contributed by atoms with E-state index in [1.54, 1.807) is 24.4 Å². The molecule has 1 amide bonds. The Hall–Kier alpha value is -1.84. The van der Waals surface area contributed by atoms with Gasteiger partial charge in [-0.25, -0.2) is 4.79 Å². The highest BCUT2D eigenvalue weighted by Gasteiger charge is 2.13. The van der Waals surface area contributed by atoms with Crippen LogP contribution in [0.2, 0.25) is 0 Å². The summed E-state index contributed by atoms with van der Waals surface area (Å²) in [5.74, 6) is 0.0244. The normalized spacial score (nSPS) is 14.4. The Bertz CT molecular complexity index is 366. The van der Waals surface area contributed by atoms with Gasteiger partial charge in [0.1, 0.15) is 0 Å². The Balaban J connectivity index is 2.87. The van der Waals surface area contributed by atoms with Gasteiger partial charge < -0.3 is 4.74 Å². The number of ether oxygens (including phenoxy) is 1. The minimum absolute atomic E-state index is 0.0244. The monoisotopic (exact) mass is 221 g/mol. The van der Waals surface area contributed by atoms with Crippen LogP contribution in [-0.4, -0.2) is 23.9 Å². The molecule has 1 rings (SSSR count). The van der Waals surface area contributed by atoms with Crippen molar-refractivity contribution in [2.24, 2.45) is 0 Å². The second kappa shape index (κ2) is 5.90. The first-order valence-electron chi connectivity index (χ1n) is 5.15. The van der Waals surface area contributed by atoms with Crippen LogP contribution in [0, 0.1) is 0 Å². The molecule has 0 aromatic carbocycles. The maximum absolute atomic E-state index is 11.7. The third-order valence-corrected chi connectivity index (χ3v) is 2.10. The van der Waals surface area contributed by atoms with Crippen LogP contribution >= 0.6 is 0 Å². The molecule has 0 bridgehead atoms. The number of rotatable bonds is 3. The van der Waals surface area contributed by atoms with Gasteiger partial charge in [-0.05, 0) is 18.6 Å². The van der Waals surface area contributed by atoms with E-state index in [2.05, 4.69) is 4.74 Å². The molecule has 4 heteroatoms. The SMILES string of the molecule is CCCC(=O)C1=CN(C(=O)OC)C=CC=C1. The van der Waals surface area contributed by atoms with Crippen molar-refractivity contribution in [3.63, 3.8) is 0 Å². The minimum Gasteiger partial charge on any atom is -0.452 e. The van der Waals surface area contributed by atoms with Gasteiger partial charge in [0.2, 0.25) is 0 Å². The van der Waals surface area contributed by atoms with Gasteiger partial charge in [-0.3, -0.25) is 9.69 Å². The van der Waals surface area contributed by atoms with Crippen molar-refractivity contribution in [3.05, 3.63) is 36.2 Å². The van der Waals surface area contributed by atoms with Gasteiger partial charge in [0.15, 0.2) is 5.78 Å². The van der Waals surface area contributed by atoms with E-state index in [9.17, 15) is 9.59 Å². The smallest absolute Gasteiger partial charge is 0.417 e. The maximum atomic E-state index is 11.7. The highest BCUT2D eigenvalue weighted by molar-refractivity contribution is 5.98. The molecule has 1 aliphatic heterocycles. The summed E-state index contributed by atoms with van der Waals surface area (Å²) in [5, 5.41) is 0. The Kier molecular flexibility index (Phi) is 4.51. The molecule has 0 saturated carbocycles. The number of hydrogen-bond acceptors (Lipinski definition) is 3. The molecule has 0 fully saturated rings. The van der Waals surface area contributed by atoms with Crippen molar-refractivity contribution in [2.75, 3.05) is 7.11 Å². The van der Waals surface area contributed by atoms with Crippen LogP contribution in [0.25, 0.3) is 0 Å². The van der Waals surface area contributed by atoms with E-state index < -0.39 is 6.09 Å². The number of carbonyl (C=O) groups excluding carboxylic acids is 2. The fourth-order valence-electron chi connectivity index (χ4n) is 1.29. The number of hydrogen-bond donors (Lipinski definition) is 0. The molecule has 0 aromatic heterocycles. The van der Waals surface area contributed by atoms with Gasteiger partial charge in [0.25, 0.3) is 0 Å². The molecular weight excluding hydrogens is 206 g/mol. The lowest BCUT2D eigenvalue weighted by Gasteiger charge is -2.11. The largest absolute Gasteiger partial charge is 0.452 e. The summed E-state index contributed by atoms with van der Waals surface area (Å²) in [6.45, 7) is 1.94. The number of methoxy groups -OCH3 is 1. The zero-order valence-electron chi connectivity index (χ0n) is 9.47. The van der Waals surface area contributed by atoms with E-state index >= 15 is 0 Å². The first-order chi connectivity index (χ1) is 7.69. The molecule has 0 radical (unpaired) electrons. The van der Waals surface area contributed by atoms with Gasteiger partial charge in [0.05, 0.1) is 7.11 Å². The van der Waals surface area contributed by atoms with Crippen molar-refractivity contribution >= 4 is 11.9 Å². The van der Waals surface area contributed by atoms with Crippen LogP contribution in [0.5, 0.6) is 0 Å². The summed E-state index contributed by atoms with van der Waals surface area (Å²) >= 11 is 0. The van der Waals surface area contributed by atoms with Gasteiger partial charge in [0, 0.05) is 24.4 Å². The van der Waals surface area contributed by atoms with E-state index in [1.165, 1.54) is 18.2 Å². The molecule has 0 spiro atoms. The average Bonchev–Trinajstić information content (AvgIpc) is 2.54. The fraction of sp³-hybridized carbons (Fsp3) is 0.333. The summed E-state index contributed by atoms with van der Waals surface area (Å²) in [6.07, 6.45) is 8.89. The molecule has 0 unspecified atom stereocenters. The average molecular weight is 221 g/mol. The lowest BCUT2D eigenvalue weighted by Crippen LogP contribution is -2.20. The Morgan fingerprint density at radius 3 is 2.75 bits per heavy atom. The highest BCUT2D eigenvalue weighted by Crippen LogP contribution is 2.11. The summed E-state index contributed by atoms with van der Waals surface area (Å²) in [4.78, 5) is 24.2. The van der Waals surface area contributed by atoms with Crippen LogP contribution in [0.15, 0.2) is 36.2 Å². The van der Waals surface area contributed by atoms with Crippen LogP contribution < -0.4 is 0 Å². The minimum atomic E-state index is -0.512. The molecule has 0 aliphatic carbocycles. The lowest BCUT2D eigenvalue weighted by atomic mass is 10.1. The van der Waals surface area contributed by atoms with E-state index in [0.29, 0.717) is 12.0 Å². The standard InChI is InChI=1S/C12H15NO3/c1-3-6-11(14)10-7-4-5-8-13(9-10)12(15)16-2/h4-5,7-9H,3,6H2,1-2H3. The molecule has 1 heterocycles. The van der Waals surface area contributed by atoms with Crippen molar-refractivity contribution < 1.29 is 14.3 Å². The molecule has 0 aromatic rings. The van der Waals surface area contributed by atoms with Crippen molar-refractivity contribution in [2.45, 2.75) is 19.8 Å². The number of ketones is 1. The maximum Gasteiger partial charge on any atom is 0.417 e. The molecule has 0 saturated heterocycles. The number of nitrogens with zero attached hydrogens (tertiary/aromatic N) is 1. The van der Waals surface area contributed by atoms with Crippen molar-refractivity contribution in [3.8, 4) is 0 Å². The van der Waals surface area contributed by atoms with Crippen molar-refractivity contribution in [1.29, 1.82) is 0 Å². The van der Waals surface area contributed by atoms with E-state index in [0.717, 1.165) is 6.42 Å². The Labute approximate surface area is 94.9 Å². The van der Waals surface area contributed by atoms with Gasteiger partial charge in [-0.1, -0.05) is 13.0 Å². The lowest BCUT2D eigenvalue weighted by molar-refractivity contribution is -0.115. The predicted octanol–water partition coefficient (Wildman–Crippen LogP) is 2.39. The van der Waals surface area contributed by atoms with Crippen molar-refractivity contribution in [1.82, 2.24) is 4.90 Å². The summed E-state index contributed by atoms with van der Waals surface area (Å²) in [5.41, 5.74) is 0.511. The van der Waals surface area contributed by atoms with Crippen LogP contribution in [0.4, 0.5) is 4.79 Å². The fourth-order valence-corrected chi connectivity index (χ4v) is 1.29. The third kappa shape index (κ3) is 3.08. The van der Waals surface area contributed by atoms with E-state index in [-0.39, 0.29) is 5.78 Å². The molecule has 4 nitrogen and oxygen atoms in total. The zero-order valence-corrected chi connectivity index (χ0v) is 9.47. The van der Waals surface area contributed by atoms with Crippen LogP contribution in [-0.2, 0) is 9.53 Å². The molecule has 1 aliphatic rings. The molecule has 0 atom stereocenters. The summed E-state index contributed by atoms with van der Waals surface area (Å²) in [7, 11) is 1.30. The first-order valence-corrected chi connectivity index (χ1v) is 5.15. The van der Waals surface area contributed by atoms with Crippen LogP contribution in [0.1, 0.15) is 19.8 Å². The number of Topliss-reactive ketones (excluding diaryl/α,β-unsaturated/α-hetero) is 1. The third-order valence-electron chi connectivity index (χ3n) is 2.10. The molecule has 16 heavy (non-hydrogen) atoms. The molecular formula is C12H15NO3. The zero-order chi connectivity index (χ0) is 12.0. The second-order valence-corrected chi connectivity index (χ2v) is 3.34. The number of allylic oxidation sites excluding steroid dienone is 4. The number of carbonyl (C=O) groups is 2. The Morgan fingerprint density at radius 2 is 2.12 bits per heavy atom. The Morgan fingerprint density at radius 1 is 1.38 bits per heavy atom. The summed E-state index contributed by atoms with van der Waals surface area (Å²) in [6, 6.07) is 0.